The third-order valence-corrected chi connectivity index (χ3v) is 6.29. The zero-order chi connectivity index (χ0) is 24.7. The van der Waals surface area contributed by atoms with Crippen molar-refractivity contribution in [1.29, 1.82) is 0 Å². The van der Waals surface area contributed by atoms with E-state index in [9.17, 15) is 4.79 Å². The highest BCUT2D eigenvalue weighted by Gasteiger charge is 2.29. The summed E-state index contributed by atoms with van der Waals surface area (Å²) < 4.78 is 7.94. The van der Waals surface area contributed by atoms with Gasteiger partial charge in [0.1, 0.15) is 11.3 Å². The Hall–Kier alpha value is -3.72. The number of piperidine rings is 1. The van der Waals surface area contributed by atoms with Crippen molar-refractivity contribution < 1.29 is 14.0 Å². The number of benzene rings is 1. The van der Waals surface area contributed by atoms with Gasteiger partial charge in [-0.25, -0.2) is 14.8 Å². The smallest absolute Gasteiger partial charge is 0.330 e. The molecule has 1 fully saturated rings. The molecule has 9 nitrogen and oxygen atoms in total. The fourth-order valence-electron chi connectivity index (χ4n) is 4.19. The van der Waals surface area contributed by atoms with Crippen LogP contribution in [-0.2, 0) is 9.63 Å². The van der Waals surface area contributed by atoms with Crippen molar-refractivity contribution in [1.82, 2.24) is 24.8 Å². The van der Waals surface area contributed by atoms with E-state index in [-0.39, 0.29) is 12.0 Å². The lowest BCUT2D eigenvalue weighted by Crippen LogP contribution is -2.39. The van der Waals surface area contributed by atoms with E-state index >= 15 is 0 Å². The Labute approximate surface area is 203 Å². The molecule has 9 heteroatoms. The van der Waals surface area contributed by atoms with Crippen LogP contribution in [0.2, 0.25) is 0 Å². The normalized spacial score (nSPS) is 15.5. The molecule has 1 aromatic carbocycles. The third kappa shape index (κ3) is 4.64. The summed E-state index contributed by atoms with van der Waals surface area (Å²) >= 11 is 0. The molecule has 0 radical (unpaired) electrons. The van der Waals surface area contributed by atoms with Crippen LogP contribution in [0.1, 0.15) is 45.3 Å². The lowest BCUT2D eigenvalue weighted by molar-refractivity contribution is -0.205. The van der Waals surface area contributed by atoms with Gasteiger partial charge in [0.05, 0.1) is 22.7 Å². The summed E-state index contributed by atoms with van der Waals surface area (Å²) in [4.78, 5) is 26.7. The van der Waals surface area contributed by atoms with Crippen molar-refractivity contribution in [3.8, 4) is 22.6 Å². The van der Waals surface area contributed by atoms with E-state index in [1.54, 1.807) is 11.3 Å². The van der Waals surface area contributed by atoms with E-state index in [0.717, 1.165) is 35.2 Å². The molecule has 182 valence electrons. The first-order valence-electron chi connectivity index (χ1n) is 11.8. The van der Waals surface area contributed by atoms with Crippen molar-refractivity contribution in [2.24, 2.45) is 5.41 Å². The van der Waals surface area contributed by atoms with Crippen molar-refractivity contribution in [2.45, 2.75) is 46.6 Å². The fourth-order valence-corrected chi connectivity index (χ4v) is 4.19. The highest BCUT2D eigenvalue weighted by molar-refractivity contribution is 5.81. The highest BCUT2D eigenvalue weighted by atomic mass is 16.7. The molecule has 4 aromatic rings. The Morgan fingerprint density at radius 2 is 1.91 bits per heavy atom. The van der Waals surface area contributed by atoms with E-state index in [1.165, 1.54) is 0 Å². The Kier molecular flexibility index (Phi) is 5.80. The maximum atomic E-state index is 12.2. The molecule has 5 rings (SSSR count). The minimum Gasteiger partial charge on any atom is -0.436 e. The molecule has 0 aliphatic carbocycles. The summed E-state index contributed by atoms with van der Waals surface area (Å²) in [5.41, 5.74) is 10.6. The zero-order valence-corrected chi connectivity index (χ0v) is 20.5. The number of aryl methyl sites for hydroxylation is 1. The van der Waals surface area contributed by atoms with Crippen molar-refractivity contribution in [3.05, 3.63) is 48.4 Å². The molecule has 0 amide bonds. The van der Waals surface area contributed by atoms with Crippen LogP contribution in [0.4, 0.5) is 5.82 Å². The number of nitrogen functional groups attached to an aromatic ring is 1. The topological polar surface area (TPSA) is 112 Å². The lowest BCUT2D eigenvalue weighted by Gasteiger charge is -2.32. The number of para-hydroxylation sites is 2. The van der Waals surface area contributed by atoms with E-state index in [1.807, 2.05) is 62.7 Å². The minimum absolute atomic E-state index is 0.209. The zero-order valence-electron chi connectivity index (χ0n) is 20.5. The molecular formula is C26H30N6O3. The number of carbonyl (C=O) groups is 1. The van der Waals surface area contributed by atoms with Gasteiger partial charge in [0.15, 0.2) is 5.58 Å². The van der Waals surface area contributed by atoms with Gasteiger partial charge in [-0.2, -0.15) is 5.10 Å². The van der Waals surface area contributed by atoms with Gasteiger partial charge in [0.2, 0.25) is 5.89 Å². The molecule has 1 aliphatic rings. The predicted molar refractivity (Wildman–Crippen MR) is 133 cm³/mol. The number of oxazole rings is 1. The average Bonchev–Trinajstić information content (AvgIpc) is 3.43. The number of nitrogens with zero attached hydrogens (tertiary/aromatic N) is 5. The number of hydrogen-bond acceptors (Lipinski definition) is 8. The molecule has 1 saturated heterocycles. The minimum atomic E-state index is -0.519. The van der Waals surface area contributed by atoms with Gasteiger partial charge in [0.25, 0.3) is 0 Å². The number of anilines is 1. The van der Waals surface area contributed by atoms with E-state index in [0.29, 0.717) is 35.9 Å². The molecule has 0 unspecified atom stereocenters. The fraction of sp³-hybridized carbons (Fsp3) is 0.385. The molecule has 4 heterocycles. The van der Waals surface area contributed by atoms with Crippen LogP contribution in [0, 0.1) is 12.3 Å². The number of rotatable bonds is 4. The second-order valence-electron chi connectivity index (χ2n) is 10.0. The van der Waals surface area contributed by atoms with Crippen molar-refractivity contribution in [3.63, 3.8) is 0 Å². The van der Waals surface area contributed by atoms with E-state index in [4.69, 9.17) is 20.1 Å². The van der Waals surface area contributed by atoms with Crippen LogP contribution < -0.4 is 5.73 Å². The van der Waals surface area contributed by atoms with Gasteiger partial charge in [-0.1, -0.05) is 12.1 Å². The number of nitrogens with two attached hydrogens (primary N) is 1. The number of aromatic nitrogens is 4. The molecule has 2 N–H and O–H groups in total. The number of carbonyl (C=O) groups excluding carboxylic acids is 1. The standard InChI is InChI=1S/C26H30N6O3/c1-16-20(15-32(30-16)18-9-11-31(12-10-18)35-25(33)26(2,3)4)17-13-19(23(27)28-14-17)24-29-21-7-5-6-8-22(21)34-24/h5-8,13-15,18H,9-12H2,1-4H3,(H2,27,28). The van der Waals surface area contributed by atoms with Crippen LogP contribution in [-0.4, -0.2) is 43.9 Å². The van der Waals surface area contributed by atoms with Crippen LogP contribution in [0.25, 0.3) is 33.7 Å². The van der Waals surface area contributed by atoms with Gasteiger partial charge >= 0.3 is 5.97 Å². The number of fused-ring (bicyclic) bond motifs is 1. The van der Waals surface area contributed by atoms with E-state index in [2.05, 4.69) is 16.2 Å². The SMILES string of the molecule is Cc1nn(C2CCN(OC(=O)C(C)(C)C)CC2)cc1-c1cnc(N)c(-c2nc3ccccc3o2)c1. The van der Waals surface area contributed by atoms with Crippen LogP contribution in [0.3, 0.4) is 0 Å². The van der Waals surface area contributed by atoms with Gasteiger partial charge in [0, 0.05) is 36.6 Å². The molecular weight excluding hydrogens is 444 g/mol. The number of hydroxylamine groups is 2. The molecule has 0 bridgehead atoms. The molecule has 0 spiro atoms. The number of pyridine rings is 1. The Morgan fingerprint density at radius 3 is 2.63 bits per heavy atom. The van der Waals surface area contributed by atoms with Gasteiger partial charge in [-0.15, -0.1) is 5.06 Å². The van der Waals surface area contributed by atoms with Gasteiger partial charge in [-0.3, -0.25) is 4.68 Å². The summed E-state index contributed by atoms with van der Waals surface area (Å²) in [7, 11) is 0. The van der Waals surface area contributed by atoms with Crippen LogP contribution in [0.15, 0.2) is 47.1 Å². The van der Waals surface area contributed by atoms with Gasteiger partial charge in [-0.05, 0) is 58.7 Å². The Bertz CT molecular complexity index is 1340. The second-order valence-corrected chi connectivity index (χ2v) is 10.0. The largest absolute Gasteiger partial charge is 0.436 e. The average molecular weight is 475 g/mol. The quantitative estimate of drug-likeness (QED) is 0.449. The van der Waals surface area contributed by atoms with Crippen LogP contribution >= 0.6 is 0 Å². The highest BCUT2D eigenvalue weighted by Crippen LogP contribution is 2.33. The van der Waals surface area contributed by atoms with Crippen LogP contribution in [0.5, 0.6) is 0 Å². The molecule has 1 aliphatic heterocycles. The first-order chi connectivity index (χ1) is 16.7. The van der Waals surface area contributed by atoms with Crippen molar-refractivity contribution >= 4 is 22.9 Å². The Morgan fingerprint density at radius 1 is 1.17 bits per heavy atom. The first-order valence-corrected chi connectivity index (χ1v) is 11.8. The summed E-state index contributed by atoms with van der Waals surface area (Å²) in [5.74, 6) is 0.599. The van der Waals surface area contributed by atoms with E-state index < -0.39 is 5.41 Å². The molecule has 0 atom stereocenters. The summed E-state index contributed by atoms with van der Waals surface area (Å²) in [6, 6.07) is 9.79. The number of hydrogen-bond donors (Lipinski definition) is 1. The first kappa shape index (κ1) is 23.0. The molecule has 0 saturated carbocycles. The second kappa shape index (κ2) is 8.81. The lowest BCUT2D eigenvalue weighted by atomic mass is 9.98. The molecule has 35 heavy (non-hydrogen) atoms. The van der Waals surface area contributed by atoms with Crippen molar-refractivity contribution in [2.75, 3.05) is 18.8 Å². The Balaban J connectivity index is 1.35. The monoisotopic (exact) mass is 474 g/mol. The maximum absolute atomic E-state index is 12.2. The summed E-state index contributed by atoms with van der Waals surface area (Å²) in [5, 5.41) is 6.55. The van der Waals surface area contributed by atoms with Gasteiger partial charge < -0.3 is 15.0 Å². The summed E-state index contributed by atoms with van der Waals surface area (Å²) in [6.07, 6.45) is 5.49. The maximum Gasteiger partial charge on any atom is 0.330 e. The third-order valence-electron chi connectivity index (χ3n) is 6.29. The predicted octanol–water partition coefficient (Wildman–Crippen LogP) is 4.79. The summed E-state index contributed by atoms with van der Waals surface area (Å²) in [6.45, 7) is 8.91. The molecule has 3 aromatic heterocycles.